The summed E-state index contributed by atoms with van der Waals surface area (Å²) in [6.07, 6.45) is 4.82. The van der Waals surface area contributed by atoms with E-state index in [-0.39, 0.29) is 29.5 Å². The number of allylic oxidation sites excluding steroid dienone is 1. The minimum atomic E-state index is -4.42. The third-order valence-electron chi connectivity index (χ3n) is 5.81. The van der Waals surface area contributed by atoms with Gasteiger partial charge >= 0.3 is 0 Å². The first-order valence-electron chi connectivity index (χ1n) is 10.7. The molecule has 35 heavy (non-hydrogen) atoms. The zero-order chi connectivity index (χ0) is 25.2. The molecule has 1 unspecified atom stereocenters. The molecule has 1 aliphatic rings. The second-order valence-electron chi connectivity index (χ2n) is 8.26. The summed E-state index contributed by atoms with van der Waals surface area (Å²) in [5.74, 6) is -3.16. The Balaban J connectivity index is 1.58. The van der Waals surface area contributed by atoms with Crippen LogP contribution in [0, 0.1) is 23.4 Å². The van der Waals surface area contributed by atoms with E-state index < -0.39 is 32.3 Å². The molecule has 4 rings (SSSR count). The summed E-state index contributed by atoms with van der Waals surface area (Å²) in [6, 6.07) is 7.44. The highest BCUT2D eigenvalue weighted by atomic mass is 32.2. The van der Waals surface area contributed by atoms with Crippen LogP contribution in [0.3, 0.4) is 0 Å². The Labute approximate surface area is 205 Å². The summed E-state index contributed by atoms with van der Waals surface area (Å²) in [4.78, 5) is 4.85. The third kappa shape index (κ3) is 5.65. The molecule has 7 nitrogen and oxygen atoms in total. The van der Waals surface area contributed by atoms with Crippen molar-refractivity contribution in [3.63, 3.8) is 0 Å². The first-order chi connectivity index (χ1) is 16.7. The fourth-order valence-electron chi connectivity index (χ4n) is 4.16. The molecule has 1 aromatic heterocycles. The number of halogens is 3. The maximum absolute atomic E-state index is 14.8. The molecule has 3 aromatic rings. The molecule has 1 aliphatic carbocycles. The average Bonchev–Trinajstić information content (AvgIpc) is 3.32. The molecule has 0 saturated carbocycles. The Hall–Kier alpha value is -2.96. The van der Waals surface area contributed by atoms with Crippen molar-refractivity contribution in [1.82, 2.24) is 14.3 Å². The van der Waals surface area contributed by atoms with Crippen LogP contribution in [0.25, 0.3) is 5.57 Å². The van der Waals surface area contributed by atoms with Crippen LogP contribution in [-0.4, -0.2) is 49.4 Å². The van der Waals surface area contributed by atoms with Crippen molar-refractivity contribution in [2.45, 2.75) is 23.8 Å². The van der Waals surface area contributed by atoms with Gasteiger partial charge in [-0.3, -0.25) is 4.72 Å². The summed E-state index contributed by atoms with van der Waals surface area (Å²) >= 11 is 0.761. The van der Waals surface area contributed by atoms with Crippen LogP contribution in [0.2, 0.25) is 0 Å². The zero-order valence-electron chi connectivity index (χ0n) is 18.9. The number of sulfonamides is 1. The quantitative estimate of drug-likeness (QED) is 0.465. The summed E-state index contributed by atoms with van der Waals surface area (Å²) in [5, 5.41) is -0.0720. The predicted octanol–water partition coefficient (Wildman–Crippen LogP) is 4.56. The number of nitrogens with zero attached hydrogens (tertiary/aromatic N) is 3. The van der Waals surface area contributed by atoms with Crippen molar-refractivity contribution >= 4 is 32.3 Å². The van der Waals surface area contributed by atoms with Crippen LogP contribution in [0.5, 0.6) is 5.75 Å². The van der Waals surface area contributed by atoms with Gasteiger partial charge in [0, 0.05) is 35.6 Å². The van der Waals surface area contributed by atoms with E-state index in [1.165, 1.54) is 12.1 Å². The molecule has 186 valence electrons. The molecule has 0 bridgehead atoms. The Morgan fingerprint density at radius 3 is 2.54 bits per heavy atom. The van der Waals surface area contributed by atoms with Crippen LogP contribution in [0.1, 0.15) is 18.4 Å². The van der Waals surface area contributed by atoms with Gasteiger partial charge in [-0.05, 0) is 50.2 Å². The van der Waals surface area contributed by atoms with Gasteiger partial charge in [0.25, 0.3) is 10.0 Å². The van der Waals surface area contributed by atoms with Crippen molar-refractivity contribution in [3.05, 3.63) is 71.8 Å². The van der Waals surface area contributed by atoms with Gasteiger partial charge < -0.3 is 9.64 Å². The minimum absolute atomic E-state index is 0.0115. The highest BCUT2D eigenvalue weighted by Gasteiger charge is 2.32. The van der Waals surface area contributed by atoms with E-state index in [1.807, 2.05) is 25.1 Å². The molecule has 0 spiro atoms. The lowest BCUT2D eigenvalue weighted by Gasteiger charge is -2.37. The van der Waals surface area contributed by atoms with E-state index >= 15 is 0 Å². The maximum atomic E-state index is 14.8. The van der Waals surface area contributed by atoms with Gasteiger partial charge in [0.2, 0.25) is 5.13 Å². The summed E-state index contributed by atoms with van der Waals surface area (Å²) < 4.78 is 79.4. The first kappa shape index (κ1) is 25.1. The fraction of sp³-hybridized carbons (Fsp3) is 0.304. The van der Waals surface area contributed by atoms with Crippen molar-refractivity contribution < 1.29 is 26.3 Å². The molecule has 0 fully saturated rings. The van der Waals surface area contributed by atoms with Gasteiger partial charge in [0.05, 0.1) is 6.61 Å². The molecular weight excluding hydrogens is 501 g/mol. The lowest BCUT2D eigenvalue weighted by molar-refractivity contribution is 0.164. The van der Waals surface area contributed by atoms with E-state index in [4.69, 9.17) is 4.74 Å². The normalized spacial score (nSPS) is 18.4. The molecule has 0 saturated heterocycles. The van der Waals surface area contributed by atoms with E-state index in [1.54, 1.807) is 12.1 Å². The van der Waals surface area contributed by atoms with E-state index in [0.29, 0.717) is 6.07 Å². The first-order valence-corrected chi connectivity index (χ1v) is 12.9. The number of ether oxygens (including phenoxy) is 1. The van der Waals surface area contributed by atoms with Gasteiger partial charge in [0.1, 0.15) is 22.9 Å². The molecular formula is C23H23F3N4O3S2. The highest BCUT2D eigenvalue weighted by Crippen LogP contribution is 2.36. The van der Waals surface area contributed by atoms with Crippen LogP contribution in [0.15, 0.2) is 53.7 Å². The zero-order valence-corrected chi connectivity index (χ0v) is 20.5. The van der Waals surface area contributed by atoms with E-state index in [0.717, 1.165) is 47.9 Å². The summed E-state index contributed by atoms with van der Waals surface area (Å²) in [7, 11) is -0.563. The Morgan fingerprint density at radius 1 is 1.14 bits per heavy atom. The Morgan fingerprint density at radius 2 is 1.89 bits per heavy atom. The number of anilines is 1. The second-order valence-corrected chi connectivity index (χ2v) is 10.7. The number of rotatable bonds is 8. The van der Waals surface area contributed by atoms with Crippen molar-refractivity contribution in [1.29, 1.82) is 0 Å². The number of aromatic nitrogens is 2. The predicted molar refractivity (Wildman–Crippen MR) is 127 cm³/mol. The number of hydrogen-bond acceptors (Lipinski definition) is 7. The monoisotopic (exact) mass is 524 g/mol. The van der Waals surface area contributed by atoms with Crippen LogP contribution in [-0.2, 0) is 10.0 Å². The SMILES string of the molecule is CN(C)[C@@H]1CCC=C(c2ccc(F)cc2)C1COc1cc(F)c(S(=O)(=O)Nc2ncns2)cc1F. The summed E-state index contributed by atoms with van der Waals surface area (Å²) in [6.45, 7) is 0.0115. The summed E-state index contributed by atoms with van der Waals surface area (Å²) in [5.41, 5.74) is 1.75. The van der Waals surface area contributed by atoms with Crippen LogP contribution < -0.4 is 9.46 Å². The topological polar surface area (TPSA) is 84.4 Å². The molecule has 2 atom stereocenters. The van der Waals surface area contributed by atoms with E-state index in [2.05, 4.69) is 14.1 Å². The van der Waals surface area contributed by atoms with Gasteiger partial charge in [-0.25, -0.2) is 26.6 Å². The maximum Gasteiger partial charge on any atom is 0.266 e. The molecule has 12 heteroatoms. The molecule has 0 amide bonds. The number of hydrogen-bond donors (Lipinski definition) is 1. The lowest BCUT2D eigenvalue weighted by atomic mass is 9.80. The van der Waals surface area contributed by atoms with Crippen LogP contribution >= 0.6 is 11.5 Å². The number of nitrogens with one attached hydrogen (secondary N) is 1. The third-order valence-corrected chi connectivity index (χ3v) is 7.87. The second kappa shape index (κ2) is 10.3. The smallest absolute Gasteiger partial charge is 0.266 e. The molecule has 1 N–H and O–H groups in total. The van der Waals surface area contributed by atoms with Crippen molar-refractivity contribution in [2.75, 3.05) is 25.4 Å². The Bertz CT molecular complexity index is 1310. The Kier molecular flexibility index (Phi) is 7.43. The van der Waals surface area contributed by atoms with Gasteiger partial charge in [-0.15, -0.1) is 0 Å². The number of benzene rings is 2. The largest absolute Gasteiger partial charge is 0.490 e. The van der Waals surface area contributed by atoms with Gasteiger partial charge in [0.15, 0.2) is 11.6 Å². The van der Waals surface area contributed by atoms with Gasteiger partial charge in [-0.2, -0.15) is 4.37 Å². The fourth-order valence-corrected chi connectivity index (χ4v) is 5.89. The van der Waals surface area contributed by atoms with Crippen molar-refractivity contribution in [3.8, 4) is 5.75 Å². The van der Waals surface area contributed by atoms with Gasteiger partial charge in [-0.1, -0.05) is 18.2 Å². The van der Waals surface area contributed by atoms with Crippen LogP contribution in [0.4, 0.5) is 18.3 Å². The van der Waals surface area contributed by atoms with Crippen molar-refractivity contribution in [2.24, 2.45) is 5.92 Å². The standard InChI is InChI=1S/C23H23F3N4O3S2/c1-30(2)20-5-3-4-16(14-6-8-15(24)9-7-14)17(20)12-33-21-10-19(26)22(11-18(21)25)35(31,32)29-23-27-13-28-34-23/h4,6-11,13,17,20H,3,5,12H2,1-2H3,(H,27,28,29)/t17?,20-/m1/s1. The minimum Gasteiger partial charge on any atom is -0.490 e. The average molecular weight is 525 g/mol. The molecule has 0 radical (unpaired) electrons. The van der Waals surface area contributed by atoms with E-state index in [9.17, 15) is 21.6 Å². The highest BCUT2D eigenvalue weighted by molar-refractivity contribution is 7.93. The molecule has 1 heterocycles. The molecule has 2 aromatic carbocycles. The molecule has 0 aliphatic heterocycles. The lowest BCUT2D eigenvalue weighted by Crippen LogP contribution is -2.40.